The summed E-state index contributed by atoms with van der Waals surface area (Å²) in [4.78, 5) is 4.60. The van der Waals surface area contributed by atoms with Crippen molar-refractivity contribution in [1.29, 1.82) is 0 Å². The van der Waals surface area contributed by atoms with Crippen molar-refractivity contribution in [3.63, 3.8) is 0 Å². The summed E-state index contributed by atoms with van der Waals surface area (Å²) in [5.74, 6) is 4.02. The Hall–Kier alpha value is -0.990. The molecule has 1 N–H and O–H groups in total. The summed E-state index contributed by atoms with van der Waals surface area (Å²) in [5, 5.41) is 3.45. The zero-order valence-electron chi connectivity index (χ0n) is 11.7. The summed E-state index contributed by atoms with van der Waals surface area (Å²) in [5.41, 5.74) is 1.14. The lowest BCUT2D eigenvalue weighted by Gasteiger charge is -2.22. The van der Waals surface area contributed by atoms with E-state index in [1.165, 1.54) is 32.2 Å². The maximum Gasteiger partial charge on any atom is 0.203 e. The van der Waals surface area contributed by atoms with E-state index in [0.29, 0.717) is 0 Å². The second-order valence-corrected chi connectivity index (χ2v) is 6.22. The molecule has 1 aromatic heterocycles. The molecule has 3 nitrogen and oxygen atoms in total. The van der Waals surface area contributed by atoms with Gasteiger partial charge in [0, 0.05) is 19.3 Å². The van der Waals surface area contributed by atoms with E-state index >= 15 is 0 Å². The van der Waals surface area contributed by atoms with Crippen LogP contribution in [-0.2, 0) is 6.54 Å². The monoisotopic (exact) mass is 247 g/mol. The highest BCUT2D eigenvalue weighted by Gasteiger charge is 2.39. The second kappa shape index (κ2) is 4.94. The standard InChI is InChI=1S/C15H25N3/c1-3-6-16-15-17-11(2)9-18(15)10-14-8-12-4-5-13(14)7-12/h9,12-14H,3-8,10H2,1-2H3,(H,16,17). The van der Waals surface area contributed by atoms with Gasteiger partial charge >= 0.3 is 0 Å². The number of hydrogen-bond acceptors (Lipinski definition) is 2. The molecule has 2 fully saturated rings. The summed E-state index contributed by atoms with van der Waals surface area (Å²) in [6.07, 6.45) is 9.28. The van der Waals surface area contributed by atoms with Crippen LogP contribution in [0.15, 0.2) is 6.20 Å². The van der Waals surface area contributed by atoms with Crippen LogP contribution in [0.25, 0.3) is 0 Å². The van der Waals surface area contributed by atoms with E-state index in [9.17, 15) is 0 Å². The Labute approximate surface area is 110 Å². The van der Waals surface area contributed by atoms with Gasteiger partial charge in [-0.3, -0.25) is 0 Å². The first-order valence-electron chi connectivity index (χ1n) is 7.54. The lowest BCUT2D eigenvalue weighted by Crippen LogP contribution is -2.18. The normalized spacial score (nSPS) is 30.0. The fraction of sp³-hybridized carbons (Fsp3) is 0.800. The third-order valence-electron chi connectivity index (χ3n) is 4.75. The smallest absolute Gasteiger partial charge is 0.203 e. The van der Waals surface area contributed by atoms with Crippen molar-refractivity contribution in [3.05, 3.63) is 11.9 Å². The van der Waals surface area contributed by atoms with Gasteiger partial charge < -0.3 is 9.88 Å². The number of nitrogens with one attached hydrogen (secondary N) is 1. The molecule has 2 bridgehead atoms. The van der Waals surface area contributed by atoms with Gasteiger partial charge in [-0.1, -0.05) is 13.3 Å². The average Bonchev–Trinajstić information content (AvgIpc) is 3.02. The molecule has 2 saturated carbocycles. The Morgan fingerprint density at radius 1 is 1.39 bits per heavy atom. The van der Waals surface area contributed by atoms with Crippen LogP contribution in [0.2, 0.25) is 0 Å². The maximum atomic E-state index is 4.60. The van der Waals surface area contributed by atoms with Crippen molar-refractivity contribution in [2.24, 2.45) is 17.8 Å². The SMILES string of the molecule is CCCNc1nc(C)cn1CC1CC2CCC1C2. The van der Waals surface area contributed by atoms with Crippen LogP contribution in [0, 0.1) is 24.7 Å². The molecule has 100 valence electrons. The van der Waals surface area contributed by atoms with Crippen LogP contribution in [0.3, 0.4) is 0 Å². The number of hydrogen-bond donors (Lipinski definition) is 1. The molecule has 2 aliphatic rings. The number of rotatable bonds is 5. The van der Waals surface area contributed by atoms with Gasteiger partial charge in [0.15, 0.2) is 0 Å². The zero-order valence-corrected chi connectivity index (χ0v) is 11.7. The number of nitrogens with zero attached hydrogens (tertiary/aromatic N) is 2. The predicted octanol–water partition coefficient (Wildman–Crippen LogP) is 3.45. The van der Waals surface area contributed by atoms with Gasteiger partial charge in [0.1, 0.15) is 0 Å². The third kappa shape index (κ3) is 2.27. The van der Waals surface area contributed by atoms with Crippen LogP contribution in [-0.4, -0.2) is 16.1 Å². The van der Waals surface area contributed by atoms with Crippen LogP contribution in [0.5, 0.6) is 0 Å². The number of aryl methyl sites for hydroxylation is 1. The number of fused-ring (bicyclic) bond motifs is 2. The van der Waals surface area contributed by atoms with Crippen LogP contribution < -0.4 is 5.32 Å². The summed E-state index contributed by atoms with van der Waals surface area (Å²) in [7, 11) is 0. The molecular weight excluding hydrogens is 222 g/mol. The molecule has 0 radical (unpaired) electrons. The van der Waals surface area contributed by atoms with Crippen molar-refractivity contribution in [3.8, 4) is 0 Å². The quantitative estimate of drug-likeness (QED) is 0.863. The Morgan fingerprint density at radius 3 is 2.94 bits per heavy atom. The summed E-state index contributed by atoms with van der Waals surface area (Å²) in [6.45, 7) is 6.48. The van der Waals surface area contributed by atoms with Crippen LogP contribution >= 0.6 is 0 Å². The minimum absolute atomic E-state index is 0.902. The molecular formula is C15H25N3. The lowest BCUT2D eigenvalue weighted by atomic mass is 9.89. The van der Waals surface area contributed by atoms with E-state index in [1.807, 2.05) is 0 Å². The molecule has 3 heteroatoms. The first-order valence-corrected chi connectivity index (χ1v) is 7.54. The largest absolute Gasteiger partial charge is 0.356 e. The molecule has 3 unspecified atom stereocenters. The van der Waals surface area contributed by atoms with Crippen molar-refractivity contribution in [2.45, 2.75) is 52.5 Å². The minimum Gasteiger partial charge on any atom is -0.356 e. The van der Waals surface area contributed by atoms with Gasteiger partial charge in [0.2, 0.25) is 5.95 Å². The van der Waals surface area contributed by atoms with E-state index in [1.54, 1.807) is 0 Å². The first kappa shape index (κ1) is 12.1. The molecule has 18 heavy (non-hydrogen) atoms. The van der Waals surface area contributed by atoms with E-state index in [-0.39, 0.29) is 0 Å². The molecule has 1 aromatic rings. The molecule has 0 aliphatic heterocycles. The van der Waals surface area contributed by atoms with E-state index in [2.05, 4.69) is 34.9 Å². The third-order valence-corrected chi connectivity index (χ3v) is 4.75. The zero-order chi connectivity index (χ0) is 12.5. The molecule has 2 aliphatic carbocycles. The fourth-order valence-corrected chi connectivity index (χ4v) is 3.92. The van der Waals surface area contributed by atoms with Crippen LogP contribution in [0.4, 0.5) is 5.95 Å². The Balaban J connectivity index is 1.68. The highest BCUT2D eigenvalue weighted by molar-refractivity contribution is 5.28. The number of aromatic nitrogens is 2. The van der Waals surface area contributed by atoms with Gasteiger partial charge in [-0.05, 0) is 50.4 Å². The summed E-state index contributed by atoms with van der Waals surface area (Å²) < 4.78 is 2.36. The van der Waals surface area contributed by atoms with Crippen molar-refractivity contribution in [1.82, 2.24) is 9.55 Å². The molecule has 3 atom stereocenters. The minimum atomic E-state index is 0.902. The molecule has 3 rings (SSSR count). The van der Waals surface area contributed by atoms with Gasteiger partial charge in [0.05, 0.1) is 5.69 Å². The van der Waals surface area contributed by atoms with Crippen molar-refractivity contribution < 1.29 is 0 Å². The maximum absolute atomic E-state index is 4.60. The summed E-state index contributed by atoms with van der Waals surface area (Å²) in [6, 6.07) is 0. The molecule has 0 saturated heterocycles. The molecule has 0 amide bonds. The van der Waals surface area contributed by atoms with Crippen molar-refractivity contribution >= 4 is 5.95 Å². The highest BCUT2D eigenvalue weighted by Crippen LogP contribution is 2.49. The Morgan fingerprint density at radius 2 is 2.28 bits per heavy atom. The predicted molar refractivity (Wildman–Crippen MR) is 74.7 cm³/mol. The Kier molecular flexibility index (Phi) is 3.31. The molecule has 0 spiro atoms. The second-order valence-electron chi connectivity index (χ2n) is 6.22. The Bertz CT molecular complexity index is 410. The lowest BCUT2D eigenvalue weighted by molar-refractivity contribution is 0.297. The average molecular weight is 247 g/mol. The highest BCUT2D eigenvalue weighted by atomic mass is 15.2. The van der Waals surface area contributed by atoms with Crippen LogP contribution in [0.1, 0.15) is 44.7 Å². The van der Waals surface area contributed by atoms with Gasteiger partial charge in [-0.15, -0.1) is 0 Å². The topological polar surface area (TPSA) is 29.9 Å². The number of anilines is 1. The van der Waals surface area contributed by atoms with E-state index in [4.69, 9.17) is 0 Å². The van der Waals surface area contributed by atoms with Crippen molar-refractivity contribution in [2.75, 3.05) is 11.9 Å². The van der Waals surface area contributed by atoms with E-state index < -0.39 is 0 Å². The number of imidazole rings is 1. The van der Waals surface area contributed by atoms with Gasteiger partial charge in [-0.2, -0.15) is 0 Å². The van der Waals surface area contributed by atoms with Gasteiger partial charge in [0.25, 0.3) is 0 Å². The summed E-state index contributed by atoms with van der Waals surface area (Å²) >= 11 is 0. The fourth-order valence-electron chi connectivity index (χ4n) is 3.92. The van der Waals surface area contributed by atoms with Gasteiger partial charge in [-0.25, -0.2) is 4.98 Å². The van der Waals surface area contributed by atoms with E-state index in [0.717, 1.165) is 42.4 Å². The molecule has 0 aromatic carbocycles. The first-order chi connectivity index (χ1) is 8.76. The molecule has 1 heterocycles.